The van der Waals surface area contributed by atoms with Crippen LogP contribution >= 0.6 is 0 Å². The van der Waals surface area contributed by atoms with E-state index in [1.807, 2.05) is 6.92 Å². The van der Waals surface area contributed by atoms with Crippen molar-refractivity contribution in [1.29, 1.82) is 0 Å². The Morgan fingerprint density at radius 3 is 2.95 bits per heavy atom. The summed E-state index contributed by atoms with van der Waals surface area (Å²) in [5.74, 6) is 0.389. The molecule has 6 nitrogen and oxygen atoms in total. The summed E-state index contributed by atoms with van der Waals surface area (Å²) < 4.78 is 5.55. The van der Waals surface area contributed by atoms with E-state index in [0.717, 1.165) is 38.0 Å². The SMILES string of the molecule is Cc1cc(C(=O)NC2CC2)nc(NCC2CCCO2)n1. The first kappa shape index (κ1) is 13.3. The number of ether oxygens (including phenoxy) is 1. The lowest BCUT2D eigenvalue weighted by Gasteiger charge is -2.12. The van der Waals surface area contributed by atoms with Gasteiger partial charge in [0.15, 0.2) is 0 Å². The second-order valence-electron chi connectivity index (χ2n) is 5.48. The van der Waals surface area contributed by atoms with Gasteiger partial charge in [-0.25, -0.2) is 9.97 Å². The fraction of sp³-hybridized carbons (Fsp3) is 0.643. The maximum absolute atomic E-state index is 12.0. The topological polar surface area (TPSA) is 76.1 Å². The summed E-state index contributed by atoms with van der Waals surface area (Å²) >= 11 is 0. The van der Waals surface area contributed by atoms with E-state index in [9.17, 15) is 4.79 Å². The minimum atomic E-state index is -0.113. The van der Waals surface area contributed by atoms with Crippen LogP contribution in [0.3, 0.4) is 0 Å². The fourth-order valence-electron chi connectivity index (χ4n) is 2.26. The van der Waals surface area contributed by atoms with E-state index in [4.69, 9.17) is 4.74 Å². The molecular weight excluding hydrogens is 256 g/mol. The van der Waals surface area contributed by atoms with Gasteiger partial charge in [0.2, 0.25) is 5.95 Å². The highest BCUT2D eigenvalue weighted by Gasteiger charge is 2.24. The average Bonchev–Trinajstić information content (AvgIpc) is 3.08. The molecule has 0 radical (unpaired) electrons. The van der Waals surface area contributed by atoms with Gasteiger partial charge in [-0.05, 0) is 38.7 Å². The van der Waals surface area contributed by atoms with Gasteiger partial charge in [0.25, 0.3) is 5.91 Å². The highest BCUT2D eigenvalue weighted by Crippen LogP contribution is 2.19. The first-order chi connectivity index (χ1) is 9.70. The molecule has 2 heterocycles. The number of nitrogens with one attached hydrogen (secondary N) is 2. The number of amides is 1. The number of hydrogen-bond donors (Lipinski definition) is 2. The number of aryl methyl sites for hydroxylation is 1. The lowest BCUT2D eigenvalue weighted by molar-refractivity contribution is 0.0946. The lowest BCUT2D eigenvalue weighted by Crippen LogP contribution is -2.27. The molecule has 2 aliphatic rings. The average molecular weight is 276 g/mol. The molecule has 6 heteroatoms. The molecular formula is C14H20N4O2. The highest BCUT2D eigenvalue weighted by atomic mass is 16.5. The molecule has 1 unspecified atom stereocenters. The van der Waals surface area contributed by atoms with Gasteiger partial charge in [-0.3, -0.25) is 4.79 Å². The second-order valence-corrected chi connectivity index (χ2v) is 5.48. The van der Waals surface area contributed by atoms with Crippen LogP contribution < -0.4 is 10.6 Å². The molecule has 1 amide bonds. The molecule has 2 N–H and O–H groups in total. The zero-order chi connectivity index (χ0) is 13.9. The standard InChI is InChI=1S/C14H20N4O2/c1-9-7-12(13(19)17-10-4-5-10)18-14(16-9)15-8-11-3-2-6-20-11/h7,10-11H,2-6,8H2,1H3,(H,17,19)(H,15,16,18). The van der Waals surface area contributed by atoms with Crippen molar-refractivity contribution in [3.63, 3.8) is 0 Å². The third-order valence-corrected chi connectivity index (χ3v) is 3.51. The van der Waals surface area contributed by atoms with Crippen LogP contribution in [0.2, 0.25) is 0 Å². The maximum Gasteiger partial charge on any atom is 0.270 e. The Labute approximate surface area is 118 Å². The second kappa shape index (κ2) is 5.75. The summed E-state index contributed by atoms with van der Waals surface area (Å²) in [6, 6.07) is 2.05. The van der Waals surface area contributed by atoms with Crippen molar-refractivity contribution in [3.05, 3.63) is 17.5 Å². The van der Waals surface area contributed by atoms with Crippen molar-refractivity contribution in [2.75, 3.05) is 18.5 Å². The van der Waals surface area contributed by atoms with Crippen LogP contribution in [0.25, 0.3) is 0 Å². The Kier molecular flexibility index (Phi) is 3.82. The molecule has 1 atom stereocenters. The number of anilines is 1. The Bertz CT molecular complexity index is 496. The lowest BCUT2D eigenvalue weighted by atomic mass is 10.2. The van der Waals surface area contributed by atoms with Gasteiger partial charge in [-0.15, -0.1) is 0 Å². The molecule has 1 aliphatic heterocycles. The van der Waals surface area contributed by atoms with E-state index in [2.05, 4.69) is 20.6 Å². The summed E-state index contributed by atoms with van der Waals surface area (Å²) in [5.41, 5.74) is 1.22. The highest BCUT2D eigenvalue weighted by molar-refractivity contribution is 5.93. The van der Waals surface area contributed by atoms with Gasteiger partial charge < -0.3 is 15.4 Å². The van der Waals surface area contributed by atoms with Gasteiger partial charge in [-0.2, -0.15) is 0 Å². The van der Waals surface area contributed by atoms with Crippen molar-refractivity contribution in [2.45, 2.75) is 44.8 Å². The van der Waals surface area contributed by atoms with Gasteiger partial charge in [0.05, 0.1) is 6.10 Å². The normalized spacial score (nSPS) is 21.8. The van der Waals surface area contributed by atoms with Gasteiger partial charge in [-0.1, -0.05) is 0 Å². The predicted octanol–water partition coefficient (Wildman–Crippen LogP) is 1.27. The fourth-order valence-corrected chi connectivity index (χ4v) is 2.26. The van der Waals surface area contributed by atoms with Crippen molar-refractivity contribution >= 4 is 11.9 Å². The smallest absolute Gasteiger partial charge is 0.270 e. The van der Waals surface area contributed by atoms with E-state index >= 15 is 0 Å². The van der Waals surface area contributed by atoms with Crippen molar-refractivity contribution in [1.82, 2.24) is 15.3 Å². The minimum absolute atomic E-state index is 0.113. The van der Waals surface area contributed by atoms with Gasteiger partial charge >= 0.3 is 0 Å². The first-order valence-corrected chi connectivity index (χ1v) is 7.23. The van der Waals surface area contributed by atoms with Crippen LogP contribution in [0.5, 0.6) is 0 Å². The molecule has 108 valence electrons. The predicted molar refractivity (Wildman–Crippen MR) is 74.7 cm³/mol. The summed E-state index contributed by atoms with van der Waals surface area (Å²) in [4.78, 5) is 20.6. The van der Waals surface area contributed by atoms with Gasteiger partial charge in [0.1, 0.15) is 5.69 Å². The Morgan fingerprint density at radius 1 is 1.40 bits per heavy atom. The number of nitrogens with zero attached hydrogens (tertiary/aromatic N) is 2. The first-order valence-electron chi connectivity index (χ1n) is 7.23. The monoisotopic (exact) mass is 276 g/mol. The number of carbonyl (C=O) groups is 1. The van der Waals surface area contributed by atoms with Crippen LogP contribution in [0, 0.1) is 6.92 Å². The van der Waals surface area contributed by atoms with E-state index in [1.54, 1.807) is 6.07 Å². The zero-order valence-corrected chi connectivity index (χ0v) is 11.7. The minimum Gasteiger partial charge on any atom is -0.376 e. The molecule has 2 fully saturated rings. The molecule has 1 aliphatic carbocycles. The molecule has 1 aromatic heterocycles. The number of hydrogen-bond acceptors (Lipinski definition) is 5. The summed E-state index contributed by atoms with van der Waals surface area (Å²) in [5, 5.41) is 6.10. The van der Waals surface area contributed by atoms with Crippen molar-refractivity contribution in [3.8, 4) is 0 Å². The maximum atomic E-state index is 12.0. The number of rotatable bonds is 5. The Balaban J connectivity index is 1.63. The molecule has 1 saturated carbocycles. The summed E-state index contributed by atoms with van der Waals surface area (Å²) in [6.45, 7) is 3.38. The quantitative estimate of drug-likeness (QED) is 0.847. The molecule has 0 aromatic carbocycles. The van der Waals surface area contributed by atoms with Crippen LogP contribution in [0.15, 0.2) is 6.07 Å². The van der Waals surface area contributed by atoms with E-state index < -0.39 is 0 Å². The molecule has 1 aromatic rings. The number of aromatic nitrogens is 2. The van der Waals surface area contributed by atoms with Crippen LogP contribution in [0.1, 0.15) is 41.9 Å². The molecule has 1 saturated heterocycles. The van der Waals surface area contributed by atoms with Crippen LogP contribution in [-0.2, 0) is 4.74 Å². The zero-order valence-electron chi connectivity index (χ0n) is 11.7. The summed E-state index contributed by atoms with van der Waals surface area (Å²) in [6.07, 6.45) is 4.53. The molecule has 0 bridgehead atoms. The molecule has 20 heavy (non-hydrogen) atoms. The Morgan fingerprint density at radius 2 is 2.25 bits per heavy atom. The third kappa shape index (κ3) is 3.45. The van der Waals surface area contributed by atoms with E-state index in [0.29, 0.717) is 24.2 Å². The van der Waals surface area contributed by atoms with Crippen LogP contribution in [0.4, 0.5) is 5.95 Å². The molecule has 3 rings (SSSR count). The third-order valence-electron chi connectivity index (χ3n) is 3.51. The number of carbonyl (C=O) groups excluding carboxylic acids is 1. The summed E-state index contributed by atoms with van der Waals surface area (Å²) in [7, 11) is 0. The Hall–Kier alpha value is -1.69. The molecule has 0 spiro atoms. The van der Waals surface area contributed by atoms with Crippen LogP contribution in [-0.4, -0.2) is 41.2 Å². The van der Waals surface area contributed by atoms with Crippen molar-refractivity contribution in [2.24, 2.45) is 0 Å². The van der Waals surface area contributed by atoms with Gasteiger partial charge in [0, 0.05) is 24.9 Å². The van der Waals surface area contributed by atoms with E-state index in [1.165, 1.54) is 0 Å². The van der Waals surface area contributed by atoms with Crippen molar-refractivity contribution < 1.29 is 9.53 Å². The largest absolute Gasteiger partial charge is 0.376 e. The van der Waals surface area contributed by atoms with E-state index in [-0.39, 0.29) is 12.0 Å².